The van der Waals surface area contributed by atoms with Crippen LogP contribution in [0.1, 0.15) is 0 Å². The van der Waals surface area contributed by atoms with E-state index in [4.69, 9.17) is 9.47 Å². The van der Waals surface area contributed by atoms with Gasteiger partial charge in [-0.3, -0.25) is 20.2 Å². The zero-order valence-electron chi connectivity index (χ0n) is 10.7. The molecule has 0 spiro atoms. The van der Waals surface area contributed by atoms with Crippen LogP contribution in [0.4, 0.5) is 11.4 Å². The number of nitro benzene ring substituents is 2. The fourth-order valence-electron chi connectivity index (χ4n) is 2.04. The summed E-state index contributed by atoms with van der Waals surface area (Å²) in [6.07, 6.45) is 0. The van der Waals surface area contributed by atoms with Crippen molar-refractivity contribution in [3.8, 4) is 11.5 Å². The summed E-state index contributed by atoms with van der Waals surface area (Å²) in [7, 11) is 2.63. The minimum atomic E-state index is -0.645. The van der Waals surface area contributed by atoms with E-state index in [0.717, 1.165) is 0 Å². The van der Waals surface area contributed by atoms with Crippen molar-refractivity contribution < 1.29 is 19.3 Å². The lowest BCUT2D eigenvalue weighted by Gasteiger charge is -2.09. The second kappa shape index (κ2) is 5.00. The Morgan fingerprint density at radius 2 is 1.50 bits per heavy atom. The average molecular weight is 278 g/mol. The molecular formula is C12H10N2O6. The molecule has 8 heteroatoms. The van der Waals surface area contributed by atoms with Gasteiger partial charge in [-0.15, -0.1) is 0 Å². The van der Waals surface area contributed by atoms with Crippen molar-refractivity contribution in [3.05, 3.63) is 44.5 Å². The highest BCUT2D eigenvalue weighted by Crippen LogP contribution is 2.43. The third-order valence-electron chi connectivity index (χ3n) is 2.87. The van der Waals surface area contributed by atoms with Crippen molar-refractivity contribution in [3.63, 3.8) is 0 Å². The SMILES string of the molecule is COc1ccc2c([N+](=O)[O-])ccc(OC)c2c1[N+](=O)[O-]. The van der Waals surface area contributed by atoms with Crippen LogP contribution in [-0.2, 0) is 0 Å². The molecule has 0 amide bonds. The quantitative estimate of drug-likeness (QED) is 0.628. The van der Waals surface area contributed by atoms with Gasteiger partial charge in [0.25, 0.3) is 5.69 Å². The van der Waals surface area contributed by atoms with Crippen molar-refractivity contribution >= 4 is 22.1 Å². The molecule has 0 aliphatic carbocycles. The zero-order valence-corrected chi connectivity index (χ0v) is 10.7. The maximum absolute atomic E-state index is 11.2. The fourth-order valence-corrected chi connectivity index (χ4v) is 2.04. The van der Waals surface area contributed by atoms with Crippen molar-refractivity contribution in [2.24, 2.45) is 0 Å². The van der Waals surface area contributed by atoms with E-state index in [0.29, 0.717) is 0 Å². The molecule has 0 saturated heterocycles. The van der Waals surface area contributed by atoms with Crippen LogP contribution < -0.4 is 9.47 Å². The summed E-state index contributed by atoms with van der Waals surface area (Å²) in [4.78, 5) is 21.0. The van der Waals surface area contributed by atoms with Crippen LogP contribution >= 0.6 is 0 Å². The Bertz CT molecular complexity index is 713. The standard InChI is InChI=1S/C12H10N2O6/c1-19-9-6-4-8(13(15)16)7-3-5-10(20-2)12(11(7)9)14(17)18/h3-6H,1-2H3. The van der Waals surface area contributed by atoms with E-state index in [1.165, 1.54) is 38.5 Å². The lowest BCUT2D eigenvalue weighted by atomic mass is 10.1. The molecule has 8 nitrogen and oxygen atoms in total. The van der Waals surface area contributed by atoms with Gasteiger partial charge in [0.15, 0.2) is 5.75 Å². The molecule has 0 N–H and O–H groups in total. The Kier molecular flexibility index (Phi) is 3.38. The van der Waals surface area contributed by atoms with Gasteiger partial charge >= 0.3 is 5.69 Å². The van der Waals surface area contributed by atoms with Gasteiger partial charge in [0.05, 0.1) is 29.5 Å². The molecule has 0 aromatic heterocycles. The minimum Gasteiger partial charge on any atom is -0.496 e. The maximum atomic E-state index is 11.2. The predicted molar refractivity (Wildman–Crippen MR) is 70.4 cm³/mol. The summed E-state index contributed by atoms with van der Waals surface area (Å²) in [5, 5.41) is 22.4. The number of nitrogens with zero attached hydrogens (tertiary/aromatic N) is 2. The van der Waals surface area contributed by atoms with Crippen LogP contribution in [0.2, 0.25) is 0 Å². The molecule has 0 atom stereocenters. The van der Waals surface area contributed by atoms with Gasteiger partial charge in [0, 0.05) is 6.07 Å². The number of methoxy groups -OCH3 is 2. The Balaban J connectivity index is 3.01. The van der Waals surface area contributed by atoms with E-state index in [1.54, 1.807) is 0 Å². The Morgan fingerprint density at radius 3 is 2.00 bits per heavy atom. The van der Waals surface area contributed by atoms with Gasteiger partial charge in [-0.25, -0.2) is 0 Å². The van der Waals surface area contributed by atoms with Gasteiger partial charge in [0.1, 0.15) is 11.1 Å². The Labute approximate surface area is 112 Å². The molecule has 0 heterocycles. The molecule has 104 valence electrons. The number of rotatable bonds is 4. The van der Waals surface area contributed by atoms with Gasteiger partial charge in [-0.2, -0.15) is 0 Å². The highest BCUT2D eigenvalue weighted by Gasteiger charge is 2.27. The molecule has 0 bridgehead atoms. The number of non-ortho nitro benzene ring substituents is 1. The summed E-state index contributed by atoms with van der Waals surface area (Å²) in [6.45, 7) is 0. The highest BCUT2D eigenvalue weighted by molar-refractivity contribution is 6.03. The maximum Gasteiger partial charge on any atom is 0.322 e. The number of hydrogen-bond acceptors (Lipinski definition) is 6. The molecule has 0 radical (unpaired) electrons. The van der Waals surface area contributed by atoms with Crippen molar-refractivity contribution in [1.82, 2.24) is 0 Å². The topological polar surface area (TPSA) is 105 Å². The second-order valence-electron chi connectivity index (χ2n) is 3.84. The number of benzene rings is 2. The smallest absolute Gasteiger partial charge is 0.322 e. The molecule has 0 aliphatic rings. The average Bonchev–Trinajstić information content (AvgIpc) is 2.44. The lowest BCUT2D eigenvalue weighted by Crippen LogP contribution is -1.98. The largest absolute Gasteiger partial charge is 0.496 e. The van der Waals surface area contributed by atoms with E-state index in [9.17, 15) is 20.2 Å². The Morgan fingerprint density at radius 1 is 0.900 bits per heavy atom. The molecule has 2 rings (SSSR count). The van der Waals surface area contributed by atoms with Gasteiger partial charge in [0.2, 0.25) is 0 Å². The van der Waals surface area contributed by atoms with Crippen LogP contribution in [0.15, 0.2) is 24.3 Å². The molecular weight excluding hydrogens is 268 g/mol. The van der Waals surface area contributed by atoms with Gasteiger partial charge in [-0.1, -0.05) is 0 Å². The second-order valence-corrected chi connectivity index (χ2v) is 3.84. The fraction of sp³-hybridized carbons (Fsp3) is 0.167. The first-order valence-corrected chi connectivity index (χ1v) is 5.47. The summed E-state index contributed by atoms with van der Waals surface area (Å²) in [6, 6.07) is 5.30. The molecule has 0 aliphatic heterocycles. The first kappa shape index (κ1) is 13.5. The Hall–Kier alpha value is -2.90. The van der Waals surface area contributed by atoms with Crippen LogP contribution in [0.5, 0.6) is 11.5 Å². The normalized spacial score (nSPS) is 10.3. The molecule has 0 fully saturated rings. The molecule has 2 aromatic rings. The predicted octanol–water partition coefficient (Wildman–Crippen LogP) is 2.67. The summed E-state index contributed by atoms with van der Waals surface area (Å²) in [5.41, 5.74) is -0.586. The van der Waals surface area contributed by atoms with Crippen molar-refractivity contribution in [2.75, 3.05) is 14.2 Å². The van der Waals surface area contributed by atoms with E-state index >= 15 is 0 Å². The van der Waals surface area contributed by atoms with E-state index in [-0.39, 0.29) is 33.6 Å². The molecule has 2 aromatic carbocycles. The van der Waals surface area contributed by atoms with Gasteiger partial charge < -0.3 is 9.47 Å². The van der Waals surface area contributed by atoms with E-state index in [1.807, 2.05) is 0 Å². The van der Waals surface area contributed by atoms with Crippen LogP contribution in [0, 0.1) is 20.2 Å². The summed E-state index contributed by atoms with van der Waals surface area (Å²) >= 11 is 0. The number of ether oxygens (including phenoxy) is 2. The minimum absolute atomic E-state index is 0.0151. The van der Waals surface area contributed by atoms with Crippen LogP contribution in [0.25, 0.3) is 10.8 Å². The summed E-state index contributed by atoms with van der Waals surface area (Å²) < 4.78 is 10.0. The molecule has 0 saturated carbocycles. The third kappa shape index (κ3) is 1.96. The molecule has 0 unspecified atom stereocenters. The monoisotopic (exact) mass is 278 g/mol. The van der Waals surface area contributed by atoms with Gasteiger partial charge in [-0.05, 0) is 18.2 Å². The lowest BCUT2D eigenvalue weighted by molar-refractivity contribution is -0.385. The zero-order chi connectivity index (χ0) is 14.9. The first-order valence-electron chi connectivity index (χ1n) is 5.47. The van der Waals surface area contributed by atoms with Crippen LogP contribution in [-0.4, -0.2) is 24.1 Å². The molecule has 20 heavy (non-hydrogen) atoms. The number of fused-ring (bicyclic) bond motifs is 1. The van der Waals surface area contributed by atoms with Crippen molar-refractivity contribution in [1.29, 1.82) is 0 Å². The first-order chi connectivity index (χ1) is 9.51. The van der Waals surface area contributed by atoms with E-state index < -0.39 is 9.85 Å². The highest BCUT2D eigenvalue weighted by atomic mass is 16.6. The van der Waals surface area contributed by atoms with Crippen LogP contribution in [0.3, 0.4) is 0 Å². The summed E-state index contributed by atoms with van der Waals surface area (Å²) in [5.74, 6) is 0.192. The van der Waals surface area contributed by atoms with E-state index in [2.05, 4.69) is 0 Å². The number of nitro groups is 2. The number of hydrogen-bond donors (Lipinski definition) is 0. The third-order valence-corrected chi connectivity index (χ3v) is 2.87. The van der Waals surface area contributed by atoms with Crippen molar-refractivity contribution in [2.45, 2.75) is 0 Å².